The predicted octanol–water partition coefficient (Wildman–Crippen LogP) is 2.68. The van der Waals surface area contributed by atoms with E-state index in [1.807, 2.05) is 6.07 Å². The minimum Gasteiger partial charge on any atom is -0.330 e. The Balaban J connectivity index is 2.90. The molecule has 0 saturated heterocycles. The van der Waals surface area contributed by atoms with Gasteiger partial charge in [-0.05, 0) is 37.4 Å². The lowest BCUT2D eigenvalue weighted by Crippen LogP contribution is -2.01. The van der Waals surface area contributed by atoms with Crippen molar-refractivity contribution in [1.82, 2.24) is 0 Å². The summed E-state index contributed by atoms with van der Waals surface area (Å²) in [6.45, 7) is 2.31. The molecule has 0 bridgehead atoms. The van der Waals surface area contributed by atoms with Crippen LogP contribution >= 0.6 is 11.6 Å². The predicted molar refractivity (Wildman–Crippen MR) is 53.5 cm³/mol. The van der Waals surface area contributed by atoms with Gasteiger partial charge in [0, 0.05) is 0 Å². The summed E-state index contributed by atoms with van der Waals surface area (Å²) in [6, 6.07) is 3.60. The van der Waals surface area contributed by atoms with E-state index in [-0.39, 0.29) is 10.8 Å². The van der Waals surface area contributed by atoms with Gasteiger partial charge in [-0.15, -0.1) is 0 Å². The highest BCUT2D eigenvalue weighted by molar-refractivity contribution is 6.31. The molecule has 0 atom stereocenters. The van der Waals surface area contributed by atoms with Gasteiger partial charge in [0.25, 0.3) is 0 Å². The fourth-order valence-corrected chi connectivity index (χ4v) is 1.48. The molecule has 0 spiro atoms. The smallest absolute Gasteiger partial charge is 0.144 e. The van der Waals surface area contributed by atoms with E-state index < -0.39 is 0 Å². The molecule has 0 aliphatic heterocycles. The summed E-state index contributed by atoms with van der Waals surface area (Å²) in [7, 11) is 0. The fraction of sp³-hybridized carbons (Fsp3) is 0.400. The van der Waals surface area contributed by atoms with Crippen LogP contribution < -0.4 is 5.73 Å². The molecule has 3 heteroatoms. The molecule has 1 aromatic rings. The molecule has 0 aliphatic rings. The Morgan fingerprint density at radius 1 is 1.46 bits per heavy atom. The molecule has 0 aliphatic carbocycles. The topological polar surface area (TPSA) is 26.0 Å². The van der Waals surface area contributed by atoms with Gasteiger partial charge in [-0.3, -0.25) is 0 Å². The third-order valence-corrected chi connectivity index (χ3v) is 2.41. The van der Waals surface area contributed by atoms with Crippen LogP contribution in [0.1, 0.15) is 17.5 Å². The van der Waals surface area contributed by atoms with Gasteiger partial charge in [0.05, 0.1) is 5.02 Å². The minimum atomic E-state index is -0.309. The Labute approximate surface area is 82.7 Å². The van der Waals surface area contributed by atoms with Crippen LogP contribution in [0.15, 0.2) is 12.1 Å². The summed E-state index contributed by atoms with van der Waals surface area (Å²) < 4.78 is 13.3. The van der Waals surface area contributed by atoms with Crippen molar-refractivity contribution in [2.75, 3.05) is 6.54 Å². The summed E-state index contributed by atoms with van der Waals surface area (Å²) in [5.74, 6) is -0.309. The molecule has 72 valence electrons. The molecule has 0 amide bonds. The molecular formula is C10H13ClFN. The second-order valence-corrected chi connectivity index (χ2v) is 3.44. The Morgan fingerprint density at radius 2 is 2.15 bits per heavy atom. The van der Waals surface area contributed by atoms with E-state index in [1.165, 1.54) is 0 Å². The van der Waals surface area contributed by atoms with Crippen LogP contribution in [0.2, 0.25) is 5.02 Å². The molecule has 1 rings (SSSR count). The highest BCUT2D eigenvalue weighted by atomic mass is 35.5. The first-order chi connectivity index (χ1) is 6.16. The zero-order valence-corrected chi connectivity index (χ0v) is 8.37. The van der Waals surface area contributed by atoms with Crippen LogP contribution in [0.4, 0.5) is 4.39 Å². The van der Waals surface area contributed by atoms with E-state index in [4.69, 9.17) is 17.3 Å². The van der Waals surface area contributed by atoms with Gasteiger partial charge in [0.15, 0.2) is 0 Å². The summed E-state index contributed by atoms with van der Waals surface area (Å²) in [4.78, 5) is 0. The standard InChI is InChI=1S/C10H13ClFN/c1-7-4-5-8(3-2-6-13)9(11)10(7)12/h4-5H,2-3,6,13H2,1H3. The molecule has 1 aromatic carbocycles. The summed E-state index contributed by atoms with van der Waals surface area (Å²) in [5, 5.41) is 0.244. The van der Waals surface area contributed by atoms with Crippen LogP contribution in [0, 0.1) is 12.7 Å². The van der Waals surface area contributed by atoms with Crippen LogP contribution in [-0.4, -0.2) is 6.54 Å². The average Bonchev–Trinajstić information content (AvgIpc) is 2.13. The third-order valence-electron chi connectivity index (χ3n) is 2.01. The molecule has 0 saturated carbocycles. The van der Waals surface area contributed by atoms with Crippen molar-refractivity contribution < 1.29 is 4.39 Å². The summed E-state index contributed by atoms with van der Waals surface area (Å²) in [6.07, 6.45) is 1.58. The van der Waals surface area contributed by atoms with Gasteiger partial charge in [0.2, 0.25) is 0 Å². The molecule has 13 heavy (non-hydrogen) atoms. The molecule has 0 heterocycles. The zero-order chi connectivity index (χ0) is 9.84. The second kappa shape index (κ2) is 4.58. The largest absolute Gasteiger partial charge is 0.330 e. The number of benzene rings is 1. The number of hydrogen-bond donors (Lipinski definition) is 1. The van der Waals surface area contributed by atoms with Crippen molar-refractivity contribution in [3.8, 4) is 0 Å². The molecular weight excluding hydrogens is 189 g/mol. The van der Waals surface area contributed by atoms with Gasteiger partial charge >= 0.3 is 0 Å². The first kappa shape index (κ1) is 10.5. The van der Waals surface area contributed by atoms with Crippen LogP contribution in [0.25, 0.3) is 0 Å². The summed E-state index contributed by atoms with van der Waals surface area (Å²) in [5.41, 5.74) is 6.79. The number of nitrogens with two attached hydrogens (primary N) is 1. The Hall–Kier alpha value is -0.600. The van der Waals surface area contributed by atoms with Crippen LogP contribution in [0.3, 0.4) is 0 Å². The van der Waals surface area contributed by atoms with Gasteiger partial charge in [-0.1, -0.05) is 23.7 Å². The monoisotopic (exact) mass is 201 g/mol. The normalized spacial score (nSPS) is 10.5. The Bertz CT molecular complexity index is 299. The molecule has 0 radical (unpaired) electrons. The molecule has 0 fully saturated rings. The van der Waals surface area contributed by atoms with Crippen molar-refractivity contribution in [1.29, 1.82) is 0 Å². The lowest BCUT2D eigenvalue weighted by Gasteiger charge is -2.05. The van der Waals surface area contributed by atoms with E-state index in [1.54, 1.807) is 13.0 Å². The maximum Gasteiger partial charge on any atom is 0.144 e. The van der Waals surface area contributed by atoms with Crippen LogP contribution in [0.5, 0.6) is 0 Å². The number of halogens is 2. The number of hydrogen-bond acceptors (Lipinski definition) is 1. The highest BCUT2D eigenvalue weighted by Gasteiger charge is 2.07. The van der Waals surface area contributed by atoms with Crippen molar-refractivity contribution >= 4 is 11.6 Å². The number of aryl methyl sites for hydroxylation is 2. The minimum absolute atomic E-state index is 0.244. The first-order valence-corrected chi connectivity index (χ1v) is 4.68. The lowest BCUT2D eigenvalue weighted by molar-refractivity contribution is 0.616. The van der Waals surface area contributed by atoms with Gasteiger partial charge in [0.1, 0.15) is 5.82 Å². The van der Waals surface area contributed by atoms with Crippen molar-refractivity contribution in [3.05, 3.63) is 34.1 Å². The third kappa shape index (κ3) is 2.42. The first-order valence-electron chi connectivity index (χ1n) is 4.30. The van der Waals surface area contributed by atoms with E-state index >= 15 is 0 Å². The molecule has 0 aromatic heterocycles. The quantitative estimate of drug-likeness (QED) is 0.800. The molecule has 1 nitrogen and oxygen atoms in total. The lowest BCUT2D eigenvalue weighted by atomic mass is 10.1. The molecule has 2 N–H and O–H groups in total. The van der Waals surface area contributed by atoms with E-state index in [0.717, 1.165) is 18.4 Å². The van der Waals surface area contributed by atoms with Crippen molar-refractivity contribution in [3.63, 3.8) is 0 Å². The maximum absolute atomic E-state index is 13.3. The van der Waals surface area contributed by atoms with Crippen molar-refractivity contribution in [2.24, 2.45) is 5.73 Å². The van der Waals surface area contributed by atoms with Gasteiger partial charge in [-0.25, -0.2) is 4.39 Å². The Kier molecular flexibility index (Phi) is 3.70. The van der Waals surface area contributed by atoms with Gasteiger partial charge < -0.3 is 5.73 Å². The molecule has 0 unspecified atom stereocenters. The Morgan fingerprint density at radius 3 is 2.77 bits per heavy atom. The van der Waals surface area contributed by atoms with E-state index in [9.17, 15) is 4.39 Å². The summed E-state index contributed by atoms with van der Waals surface area (Å²) >= 11 is 5.82. The number of rotatable bonds is 3. The van der Waals surface area contributed by atoms with Crippen molar-refractivity contribution in [2.45, 2.75) is 19.8 Å². The average molecular weight is 202 g/mol. The van der Waals surface area contributed by atoms with Crippen LogP contribution in [-0.2, 0) is 6.42 Å². The second-order valence-electron chi connectivity index (χ2n) is 3.06. The fourth-order valence-electron chi connectivity index (χ4n) is 1.17. The highest BCUT2D eigenvalue weighted by Crippen LogP contribution is 2.23. The van der Waals surface area contributed by atoms with E-state index in [0.29, 0.717) is 12.1 Å². The SMILES string of the molecule is Cc1ccc(CCCN)c(Cl)c1F. The zero-order valence-electron chi connectivity index (χ0n) is 7.61. The van der Waals surface area contributed by atoms with Gasteiger partial charge in [-0.2, -0.15) is 0 Å². The maximum atomic E-state index is 13.3. The van der Waals surface area contributed by atoms with E-state index in [2.05, 4.69) is 0 Å².